The van der Waals surface area contributed by atoms with E-state index in [0.29, 0.717) is 16.7 Å². The highest BCUT2D eigenvalue weighted by Crippen LogP contribution is 2.32. The summed E-state index contributed by atoms with van der Waals surface area (Å²) in [5.74, 6) is -0.123. The Balaban J connectivity index is 2.11. The molecule has 5 nitrogen and oxygen atoms in total. The molecular formula is C13H21N3O2S. The van der Waals surface area contributed by atoms with Crippen LogP contribution in [0.25, 0.3) is 0 Å². The molecule has 1 aromatic heterocycles. The molecule has 1 amide bonds. The number of rotatable bonds is 5. The lowest BCUT2D eigenvalue weighted by atomic mass is 10.2. The molecule has 0 aromatic carbocycles. The topological polar surface area (TPSA) is 67.6 Å². The highest BCUT2D eigenvalue weighted by Gasteiger charge is 2.21. The lowest BCUT2D eigenvalue weighted by molar-refractivity contribution is 0.0968. The van der Waals surface area contributed by atoms with Gasteiger partial charge in [0.25, 0.3) is 5.91 Å². The van der Waals surface area contributed by atoms with Gasteiger partial charge in [0.1, 0.15) is 4.88 Å². The second-order valence-corrected chi connectivity index (χ2v) is 5.65. The largest absolute Gasteiger partial charge is 0.397 e. The lowest BCUT2D eigenvalue weighted by Gasteiger charge is -2.24. The van der Waals surface area contributed by atoms with Crippen LogP contribution in [-0.2, 0) is 4.74 Å². The van der Waals surface area contributed by atoms with Crippen molar-refractivity contribution in [1.82, 2.24) is 5.32 Å². The molecule has 1 aliphatic heterocycles. The van der Waals surface area contributed by atoms with Gasteiger partial charge in [-0.3, -0.25) is 4.79 Å². The van der Waals surface area contributed by atoms with Gasteiger partial charge in [-0.2, -0.15) is 0 Å². The second kappa shape index (κ2) is 6.25. The van der Waals surface area contributed by atoms with E-state index in [0.717, 1.165) is 37.5 Å². The summed E-state index contributed by atoms with van der Waals surface area (Å²) in [6.45, 7) is 4.71. The molecule has 1 saturated heterocycles. The summed E-state index contributed by atoms with van der Waals surface area (Å²) in [5.41, 5.74) is 6.46. The van der Waals surface area contributed by atoms with Crippen LogP contribution in [-0.4, -0.2) is 38.8 Å². The van der Waals surface area contributed by atoms with E-state index >= 15 is 0 Å². The number of hydrogen-bond donors (Lipinski definition) is 2. The number of nitrogens with two attached hydrogens (primary N) is 1. The summed E-state index contributed by atoms with van der Waals surface area (Å²) in [6.07, 6.45) is 2.55. The smallest absolute Gasteiger partial charge is 0.263 e. The Bertz CT molecular complexity index is 441. The van der Waals surface area contributed by atoms with Gasteiger partial charge >= 0.3 is 0 Å². The van der Waals surface area contributed by atoms with Crippen LogP contribution in [0.5, 0.6) is 0 Å². The molecule has 1 atom stereocenters. The monoisotopic (exact) mass is 283 g/mol. The van der Waals surface area contributed by atoms with Crippen LogP contribution < -0.4 is 16.0 Å². The lowest BCUT2D eigenvalue weighted by Crippen LogP contribution is -2.31. The zero-order chi connectivity index (χ0) is 13.8. The summed E-state index contributed by atoms with van der Waals surface area (Å²) in [5, 5.41) is 3.65. The Hall–Kier alpha value is -1.27. The van der Waals surface area contributed by atoms with Crippen molar-refractivity contribution in [3.8, 4) is 0 Å². The summed E-state index contributed by atoms with van der Waals surface area (Å²) >= 11 is 1.44. The van der Waals surface area contributed by atoms with E-state index in [2.05, 4.69) is 17.1 Å². The number of carbonyl (C=O) groups excluding carboxylic acids is 1. The van der Waals surface area contributed by atoms with E-state index in [1.54, 1.807) is 7.05 Å². The molecule has 19 heavy (non-hydrogen) atoms. The van der Waals surface area contributed by atoms with E-state index in [1.165, 1.54) is 11.3 Å². The van der Waals surface area contributed by atoms with Gasteiger partial charge in [0.2, 0.25) is 0 Å². The van der Waals surface area contributed by atoms with Crippen molar-refractivity contribution < 1.29 is 9.53 Å². The Kier molecular flexibility index (Phi) is 4.66. The first kappa shape index (κ1) is 14.1. The molecule has 0 bridgehead atoms. The minimum atomic E-state index is -0.123. The van der Waals surface area contributed by atoms with E-state index < -0.39 is 0 Å². The number of ether oxygens (including phenoxy) is 1. The maximum atomic E-state index is 11.7. The first-order valence-corrected chi connectivity index (χ1v) is 7.45. The third kappa shape index (κ3) is 3.19. The van der Waals surface area contributed by atoms with Gasteiger partial charge in [-0.15, -0.1) is 11.3 Å². The average molecular weight is 283 g/mol. The SMILES string of the molecule is CCN(CC1CCCO1)c1cc(N)c(C(=O)NC)s1. The van der Waals surface area contributed by atoms with Crippen molar-refractivity contribution in [1.29, 1.82) is 0 Å². The summed E-state index contributed by atoms with van der Waals surface area (Å²) in [4.78, 5) is 14.5. The van der Waals surface area contributed by atoms with Crippen molar-refractivity contribution in [2.24, 2.45) is 0 Å². The van der Waals surface area contributed by atoms with Crippen molar-refractivity contribution in [2.75, 3.05) is 37.4 Å². The maximum Gasteiger partial charge on any atom is 0.263 e. The number of thiophene rings is 1. The molecule has 1 aliphatic rings. The average Bonchev–Trinajstić information content (AvgIpc) is 3.04. The zero-order valence-electron chi connectivity index (χ0n) is 11.4. The molecule has 2 rings (SSSR count). The number of hydrogen-bond acceptors (Lipinski definition) is 5. The predicted molar refractivity (Wildman–Crippen MR) is 79.0 cm³/mol. The van der Waals surface area contributed by atoms with Crippen LogP contribution in [0, 0.1) is 0 Å². The van der Waals surface area contributed by atoms with Crippen LogP contribution in [0.1, 0.15) is 29.4 Å². The quantitative estimate of drug-likeness (QED) is 0.863. The number of anilines is 2. The van der Waals surface area contributed by atoms with Gasteiger partial charge in [-0.1, -0.05) is 0 Å². The van der Waals surface area contributed by atoms with Crippen LogP contribution >= 0.6 is 11.3 Å². The molecule has 1 unspecified atom stereocenters. The molecule has 3 N–H and O–H groups in total. The van der Waals surface area contributed by atoms with Gasteiger partial charge in [-0.25, -0.2) is 0 Å². The molecule has 0 aliphatic carbocycles. The third-order valence-electron chi connectivity index (χ3n) is 3.32. The number of nitrogens with one attached hydrogen (secondary N) is 1. The molecule has 6 heteroatoms. The van der Waals surface area contributed by atoms with Gasteiger partial charge in [0.05, 0.1) is 16.8 Å². The van der Waals surface area contributed by atoms with Crippen LogP contribution in [0.3, 0.4) is 0 Å². The molecule has 0 spiro atoms. The molecule has 0 saturated carbocycles. The van der Waals surface area contributed by atoms with E-state index in [9.17, 15) is 4.79 Å². The molecule has 1 fully saturated rings. The molecule has 1 aromatic rings. The zero-order valence-corrected chi connectivity index (χ0v) is 12.3. The predicted octanol–water partition coefficient (Wildman–Crippen LogP) is 1.70. The Morgan fingerprint density at radius 2 is 2.47 bits per heavy atom. The highest BCUT2D eigenvalue weighted by atomic mass is 32.1. The van der Waals surface area contributed by atoms with E-state index in [1.807, 2.05) is 6.07 Å². The van der Waals surface area contributed by atoms with Gasteiger partial charge in [0.15, 0.2) is 0 Å². The summed E-state index contributed by atoms with van der Waals surface area (Å²) in [7, 11) is 1.62. The first-order chi connectivity index (χ1) is 9.15. The molecule has 106 valence electrons. The molecule has 2 heterocycles. The van der Waals surface area contributed by atoms with Gasteiger partial charge < -0.3 is 20.7 Å². The second-order valence-electron chi connectivity index (χ2n) is 4.62. The molecular weight excluding hydrogens is 262 g/mol. The van der Waals surface area contributed by atoms with Crippen molar-refractivity contribution in [2.45, 2.75) is 25.9 Å². The van der Waals surface area contributed by atoms with Crippen LogP contribution in [0.4, 0.5) is 10.7 Å². The molecule has 0 radical (unpaired) electrons. The van der Waals surface area contributed by atoms with Gasteiger partial charge in [-0.05, 0) is 25.8 Å². The van der Waals surface area contributed by atoms with E-state index in [-0.39, 0.29) is 5.91 Å². The number of carbonyl (C=O) groups is 1. The fourth-order valence-corrected chi connectivity index (χ4v) is 3.35. The number of likely N-dealkylation sites (N-methyl/N-ethyl adjacent to an activating group) is 1. The van der Waals surface area contributed by atoms with Gasteiger partial charge in [0, 0.05) is 26.7 Å². The summed E-state index contributed by atoms with van der Waals surface area (Å²) in [6, 6.07) is 1.88. The highest BCUT2D eigenvalue weighted by molar-refractivity contribution is 7.18. The number of amides is 1. The fraction of sp³-hybridized carbons (Fsp3) is 0.615. The number of nitrogens with zero attached hydrogens (tertiary/aromatic N) is 1. The fourth-order valence-electron chi connectivity index (χ4n) is 2.25. The Labute approximate surface area is 117 Å². The summed E-state index contributed by atoms with van der Waals surface area (Å²) < 4.78 is 5.66. The minimum absolute atomic E-state index is 0.123. The minimum Gasteiger partial charge on any atom is -0.397 e. The van der Waals surface area contributed by atoms with Crippen molar-refractivity contribution in [3.05, 3.63) is 10.9 Å². The first-order valence-electron chi connectivity index (χ1n) is 6.63. The Morgan fingerprint density at radius 3 is 3.05 bits per heavy atom. The number of nitrogen functional groups attached to an aromatic ring is 1. The van der Waals surface area contributed by atoms with Crippen LogP contribution in [0.2, 0.25) is 0 Å². The third-order valence-corrected chi connectivity index (χ3v) is 4.53. The Morgan fingerprint density at radius 1 is 1.68 bits per heavy atom. The van der Waals surface area contributed by atoms with Crippen LogP contribution in [0.15, 0.2) is 6.07 Å². The van der Waals surface area contributed by atoms with E-state index in [4.69, 9.17) is 10.5 Å². The maximum absolute atomic E-state index is 11.7. The standard InChI is InChI=1S/C13H21N3O2S/c1-3-16(8-9-5-4-6-18-9)11-7-10(14)12(19-11)13(17)15-2/h7,9H,3-6,8,14H2,1-2H3,(H,15,17). The normalized spacial score (nSPS) is 18.5. The van der Waals surface area contributed by atoms with Crippen molar-refractivity contribution in [3.63, 3.8) is 0 Å². The van der Waals surface area contributed by atoms with Crippen molar-refractivity contribution >= 4 is 27.9 Å².